The molecular weight excluding hydrogens is 220 g/mol. The molecule has 0 unspecified atom stereocenters. The summed E-state index contributed by atoms with van der Waals surface area (Å²) in [5.74, 6) is -0.494. The first-order valence-electron chi connectivity index (χ1n) is 4.03. The van der Waals surface area contributed by atoms with E-state index in [1.807, 2.05) is 0 Å². The maximum atomic E-state index is 11.1. The third-order valence-corrected chi connectivity index (χ3v) is 2.04. The van der Waals surface area contributed by atoms with Gasteiger partial charge < -0.3 is 0 Å². The molecule has 15 heavy (non-hydrogen) atoms. The normalized spacial score (nSPS) is 10.2. The molecule has 0 saturated heterocycles. The van der Waals surface area contributed by atoms with Gasteiger partial charge in [-0.15, -0.1) is 0 Å². The molecule has 1 heterocycles. The number of nitrogens with zero attached hydrogens (tertiary/aromatic N) is 1. The van der Waals surface area contributed by atoms with Gasteiger partial charge in [-0.05, 0) is 17.7 Å². The highest BCUT2D eigenvalue weighted by molar-refractivity contribution is 6.68. The van der Waals surface area contributed by atoms with Gasteiger partial charge in [0.15, 0.2) is 5.82 Å². The predicted octanol–water partition coefficient (Wildman–Crippen LogP) is 1.41. The van der Waals surface area contributed by atoms with E-state index in [4.69, 9.17) is 11.6 Å². The second kappa shape index (κ2) is 3.70. The van der Waals surface area contributed by atoms with Gasteiger partial charge >= 0.3 is 5.76 Å². The maximum absolute atomic E-state index is 11.1. The Hall–Kier alpha value is -1.88. The highest BCUT2D eigenvalue weighted by atomic mass is 35.5. The number of aromatic nitrogens is 2. The zero-order valence-corrected chi connectivity index (χ0v) is 8.12. The van der Waals surface area contributed by atoms with Gasteiger partial charge in [-0.3, -0.25) is 14.3 Å². The Bertz CT molecular complexity index is 558. The van der Waals surface area contributed by atoms with Crippen LogP contribution in [0.1, 0.15) is 10.4 Å². The van der Waals surface area contributed by atoms with Crippen LogP contribution in [-0.4, -0.2) is 15.4 Å². The lowest BCUT2D eigenvalue weighted by molar-refractivity contribution is 0.108. The summed E-state index contributed by atoms with van der Waals surface area (Å²) < 4.78 is 4.34. The average Bonchev–Trinajstić information content (AvgIpc) is 2.65. The molecule has 0 aliphatic carbocycles. The summed E-state index contributed by atoms with van der Waals surface area (Å²) in [5.41, 5.74) is 0.701. The second-order valence-corrected chi connectivity index (χ2v) is 3.11. The van der Waals surface area contributed by atoms with Crippen molar-refractivity contribution in [3.05, 3.63) is 40.4 Å². The highest BCUT2D eigenvalue weighted by Crippen LogP contribution is 2.20. The number of nitrogens with one attached hydrogen (secondary N) is 1. The molecule has 0 atom stereocenters. The largest absolute Gasteiger partial charge is 0.439 e. The zero-order valence-electron chi connectivity index (χ0n) is 7.36. The van der Waals surface area contributed by atoms with Gasteiger partial charge in [-0.25, -0.2) is 4.79 Å². The Kier molecular flexibility index (Phi) is 2.39. The molecule has 0 aliphatic heterocycles. The summed E-state index contributed by atoms with van der Waals surface area (Å²) in [6.45, 7) is 0. The predicted molar refractivity (Wildman–Crippen MR) is 52.7 cm³/mol. The number of benzene rings is 1. The van der Waals surface area contributed by atoms with Crippen LogP contribution in [0.2, 0.25) is 0 Å². The summed E-state index contributed by atoms with van der Waals surface area (Å²) in [5, 5.41) is 2.86. The summed E-state index contributed by atoms with van der Waals surface area (Å²) >= 11 is 5.38. The van der Waals surface area contributed by atoms with E-state index < -0.39 is 11.0 Å². The molecule has 0 saturated carbocycles. The highest BCUT2D eigenvalue weighted by Gasteiger charge is 2.13. The van der Waals surface area contributed by atoms with Crippen molar-refractivity contribution in [2.24, 2.45) is 0 Å². The maximum Gasteiger partial charge on any atom is 0.439 e. The second-order valence-electron chi connectivity index (χ2n) is 2.76. The van der Waals surface area contributed by atoms with E-state index in [1.54, 1.807) is 18.2 Å². The molecule has 1 N–H and O–H groups in total. The van der Waals surface area contributed by atoms with Crippen LogP contribution in [0.25, 0.3) is 11.4 Å². The number of halogens is 1. The first-order valence-corrected chi connectivity index (χ1v) is 4.41. The van der Waals surface area contributed by atoms with Gasteiger partial charge in [0.1, 0.15) is 0 Å². The molecule has 2 aromatic rings. The number of carbonyl (C=O) groups excluding carboxylic acids is 1. The third-order valence-electron chi connectivity index (χ3n) is 1.83. The summed E-state index contributed by atoms with van der Waals surface area (Å²) in [4.78, 5) is 24.1. The molecule has 76 valence electrons. The Morgan fingerprint density at radius 2 is 2.13 bits per heavy atom. The summed E-state index contributed by atoms with van der Waals surface area (Å²) in [7, 11) is 0. The quantitative estimate of drug-likeness (QED) is 0.783. The lowest BCUT2D eigenvalue weighted by Crippen LogP contribution is -1.98. The van der Waals surface area contributed by atoms with Gasteiger partial charge in [0.2, 0.25) is 0 Å². The minimum Gasteiger partial charge on any atom is -0.296 e. The van der Waals surface area contributed by atoms with E-state index in [-0.39, 0.29) is 11.4 Å². The smallest absolute Gasteiger partial charge is 0.296 e. The summed E-state index contributed by atoms with van der Waals surface area (Å²) in [6, 6.07) is 6.52. The van der Waals surface area contributed by atoms with Crippen molar-refractivity contribution in [2.75, 3.05) is 0 Å². The molecule has 6 heteroatoms. The number of rotatable bonds is 2. The molecule has 0 spiro atoms. The van der Waals surface area contributed by atoms with Crippen molar-refractivity contribution in [3.8, 4) is 11.4 Å². The Balaban J connectivity index is 2.62. The number of H-pyrrole nitrogens is 1. The molecule has 0 radical (unpaired) electrons. The van der Waals surface area contributed by atoms with Crippen molar-refractivity contribution in [2.45, 2.75) is 0 Å². The van der Waals surface area contributed by atoms with Gasteiger partial charge in [0, 0.05) is 11.1 Å². The lowest BCUT2D eigenvalue weighted by atomic mass is 10.1. The summed E-state index contributed by atoms with van der Waals surface area (Å²) in [6.07, 6.45) is 0. The van der Waals surface area contributed by atoms with Crippen molar-refractivity contribution < 1.29 is 9.32 Å². The Morgan fingerprint density at radius 3 is 2.73 bits per heavy atom. The Morgan fingerprint density at radius 1 is 1.40 bits per heavy atom. The fourth-order valence-electron chi connectivity index (χ4n) is 1.21. The molecule has 0 fully saturated rings. The van der Waals surface area contributed by atoms with Crippen molar-refractivity contribution in [1.29, 1.82) is 0 Å². The Labute approximate surface area is 88.7 Å². The lowest BCUT2D eigenvalue weighted by Gasteiger charge is -1.99. The van der Waals surface area contributed by atoms with Gasteiger partial charge in [-0.2, -0.15) is 0 Å². The van der Waals surface area contributed by atoms with E-state index in [1.165, 1.54) is 6.07 Å². The van der Waals surface area contributed by atoms with Crippen LogP contribution in [0, 0.1) is 0 Å². The average molecular weight is 225 g/mol. The minimum atomic E-state index is -0.679. The fourth-order valence-corrected chi connectivity index (χ4v) is 1.37. The van der Waals surface area contributed by atoms with Crippen molar-refractivity contribution in [3.63, 3.8) is 0 Å². The van der Waals surface area contributed by atoms with Crippen LogP contribution in [0.4, 0.5) is 0 Å². The first kappa shape index (κ1) is 9.67. The molecule has 5 nitrogen and oxygen atoms in total. The van der Waals surface area contributed by atoms with Crippen LogP contribution in [-0.2, 0) is 0 Å². The molecule has 2 rings (SSSR count). The SMILES string of the molecule is O=C(Cl)c1ccccc1-c1noc(=O)[nH]1. The first-order chi connectivity index (χ1) is 7.18. The van der Waals surface area contributed by atoms with Crippen LogP contribution in [0.15, 0.2) is 33.6 Å². The number of carbonyl (C=O) groups is 1. The van der Waals surface area contributed by atoms with E-state index in [0.29, 0.717) is 5.56 Å². The molecule has 1 aromatic carbocycles. The molecule has 0 aliphatic rings. The van der Waals surface area contributed by atoms with E-state index in [2.05, 4.69) is 14.7 Å². The topological polar surface area (TPSA) is 76.0 Å². The van der Waals surface area contributed by atoms with Crippen LogP contribution < -0.4 is 5.76 Å². The monoisotopic (exact) mass is 224 g/mol. The standard InChI is InChI=1S/C9H5ClN2O3/c10-7(13)5-3-1-2-4-6(5)8-11-9(14)15-12-8/h1-4H,(H,11,12,14). The number of hydrogen-bond acceptors (Lipinski definition) is 4. The number of aromatic amines is 1. The van der Waals surface area contributed by atoms with E-state index in [9.17, 15) is 9.59 Å². The zero-order chi connectivity index (χ0) is 10.8. The van der Waals surface area contributed by atoms with E-state index >= 15 is 0 Å². The van der Waals surface area contributed by atoms with Gasteiger partial charge in [0.25, 0.3) is 5.24 Å². The fraction of sp³-hybridized carbons (Fsp3) is 0. The van der Waals surface area contributed by atoms with Crippen LogP contribution in [0.3, 0.4) is 0 Å². The molecule has 1 aromatic heterocycles. The molecule has 0 amide bonds. The number of hydrogen-bond donors (Lipinski definition) is 1. The minimum absolute atomic E-state index is 0.185. The van der Waals surface area contributed by atoms with Crippen molar-refractivity contribution >= 4 is 16.8 Å². The van der Waals surface area contributed by atoms with Crippen LogP contribution in [0.5, 0.6) is 0 Å². The van der Waals surface area contributed by atoms with Crippen LogP contribution >= 0.6 is 11.6 Å². The van der Waals surface area contributed by atoms with Crippen molar-refractivity contribution in [1.82, 2.24) is 10.1 Å². The van der Waals surface area contributed by atoms with Gasteiger partial charge in [0.05, 0.1) is 0 Å². The molecule has 0 bridgehead atoms. The third kappa shape index (κ3) is 1.82. The van der Waals surface area contributed by atoms with Gasteiger partial charge in [-0.1, -0.05) is 23.4 Å². The molecular formula is C9H5ClN2O3. The van der Waals surface area contributed by atoms with E-state index in [0.717, 1.165) is 0 Å².